The Morgan fingerprint density at radius 1 is 1.05 bits per heavy atom. The van der Waals surface area contributed by atoms with Gasteiger partial charge in [-0.25, -0.2) is 0 Å². The van der Waals surface area contributed by atoms with E-state index in [1.807, 2.05) is 18.2 Å². The number of carbonyl (C=O) groups is 3. The summed E-state index contributed by atoms with van der Waals surface area (Å²) in [6.45, 7) is 0.674. The van der Waals surface area contributed by atoms with Gasteiger partial charge in [0.1, 0.15) is 17.5 Å². The van der Waals surface area contributed by atoms with Crippen LogP contribution in [0.5, 0.6) is 11.5 Å². The molecule has 2 atom stereocenters. The maximum absolute atomic E-state index is 13.8. The molecule has 3 amide bonds. The Morgan fingerprint density at radius 2 is 1.87 bits per heavy atom. The van der Waals surface area contributed by atoms with Gasteiger partial charge < -0.3 is 24.8 Å². The lowest BCUT2D eigenvalue weighted by atomic mass is 10.0. The molecule has 1 fully saturated rings. The average molecular weight is 538 g/mol. The first-order valence-corrected chi connectivity index (χ1v) is 13.2. The number of methoxy groups -OCH3 is 2. The Bertz CT molecular complexity index is 1230. The number of ether oxygens (including phenoxy) is 3. The lowest BCUT2D eigenvalue weighted by Crippen LogP contribution is -2.48. The van der Waals surface area contributed by atoms with Crippen LogP contribution in [0.1, 0.15) is 34.1 Å². The van der Waals surface area contributed by atoms with Crippen molar-refractivity contribution in [3.05, 3.63) is 76.5 Å². The first-order chi connectivity index (χ1) is 18.5. The Morgan fingerprint density at radius 3 is 2.53 bits per heavy atom. The van der Waals surface area contributed by atoms with Crippen LogP contribution in [0.25, 0.3) is 0 Å². The van der Waals surface area contributed by atoms with E-state index in [9.17, 15) is 14.4 Å². The molecule has 10 heteroatoms. The number of thiophene rings is 1. The summed E-state index contributed by atoms with van der Waals surface area (Å²) in [6.07, 6.45) is 1.74. The van der Waals surface area contributed by atoms with Crippen LogP contribution in [0.3, 0.4) is 0 Å². The van der Waals surface area contributed by atoms with E-state index in [1.54, 1.807) is 47.8 Å². The summed E-state index contributed by atoms with van der Waals surface area (Å²) in [6, 6.07) is 16.4. The summed E-state index contributed by atoms with van der Waals surface area (Å²) in [5, 5.41) is 7.43. The third-order valence-electron chi connectivity index (χ3n) is 6.21. The molecule has 200 valence electrons. The first-order valence-electron chi connectivity index (χ1n) is 12.3. The number of carbonyl (C=O) groups excluding carboxylic acids is 3. The van der Waals surface area contributed by atoms with Crippen LogP contribution in [-0.4, -0.2) is 57.7 Å². The lowest BCUT2D eigenvalue weighted by Gasteiger charge is -2.33. The molecule has 1 aromatic heterocycles. The van der Waals surface area contributed by atoms with Crippen LogP contribution < -0.4 is 25.0 Å². The van der Waals surface area contributed by atoms with Crippen molar-refractivity contribution in [2.24, 2.45) is 0 Å². The summed E-state index contributed by atoms with van der Waals surface area (Å²) in [5.74, 6) is -0.352. The number of hydrogen-bond acceptors (Lipinski definition) is 7. The molecule has 3 aromatic rings. The fourth-order valence-corrected chi connectivity index (χ4v) is 4.95. The van der Waals surface area contributed by atoms with Crippen LogP contribution in [0.2, 0.25) is 0 Å². The second kappa shape index (κ2) is 13.1. The quantitative estimate of drug-likeness (QED) is 0.388. The van der Waals surface area contributed by atoms with Crippen molar-refractivity contribution < 1.29 is 28.6 Å². The van der Waals surface area contributed by atoms with Crippen LogP contribution >= 0.6 is 11.3 Å². The van der Waals surface area contributed by atoms with Crippen LogP contribution in [0, 0.1) is 0 Å². The van der Waals surface area contributed by atoms with Crippen molar-refractivity contribution >= 4 is 34.7 Å². The van der Waals surface area contributed by atoms with Gasteiger partial charge in [0.25, 0.3) is 5.91 Å². The molecular formula is C28H31N3O6S. The summed E-state index contributed by atoms with van der Waals surface area (Å²) in [7, 11) is 3.01. The molecule has 1 aliphatic rings. The molecule has 0 radical (unpaired) electrons. The molecule has 0 aliphatic carbocycles. The average Bonchev–Trinajstić information content (AvgIpc) is 3.68. The maximum atomic E-state index is 13.8. The first kappa shape index (κ1) is 27.2. The van der Waals surface area contributed by atoms with Crippen LogP contribution in [-0.2, 0) is 14.3 Å². The van der Waals surface area contributed by atoms with Gasteiger partial charge in [0.15, 0.2) is 0 Å². The number of benzene rings is 2. The van der Waals surface area contributed by atoms with Gasteiger partial charge in [-0.3, -0.25) is 19.3 Å². The Labute approximate surface area is 225 Å². The van der Waals surface area contributed by atoms with E-state index in [2.05, 4.69) is 10.6 Å². The molecule has 1 saturated heterocycles. The molecule has 2 aromatic carbocycles. The van der Waals surface area contributed by atoms with E-state index in [-0.39, 0.29) is 24.5 Å². The molecule has 38 heavy (non-hydrogen) atoms. The van der Waals surface area contributed by atoms with Gasteiger partial charge in [-0.1, -0.05) is 36.4 Å². The molecule has 4 rings (SSSR count). The van der Waals surface area contributed by atoms with Crippen molar-refractivity contribution in [3.8, 4) is 11.5 Å². The van der Waals surface area contributed by atoms with Gasteiger partial charge in [-0.2, -0.15) is 0 Å². The van der Waals surface area contributed by atoms with Crippen LogP contribution in [0.15, 0.2) is 66.0 Å². The fraction of sp³-hybridized carbons (Fsp3) is 0.321. The molecular weight excluding hydrogens is 506 g/mol. The zero-order valence-corrected chi connectivity index (χ0v) is 22.2. The number of nitrogens with zero attached hydrogens (tertiary/aromatic N) is 1. The van der Waals surface area contributed by atoms with Gasteiger partial charge in [-0.05, 0) is 42.0 Å². The smallest absolute Gasteiger partial charge is 0.261 e. The Kier molecular flexibility index (Phi) is 9.34. The third-order valence-corrected chi connectivity index (χ3v) is 7.08. The van der Waals surface area contributed by atoms with Crippen LogP contribution in [0.4, 0.5) is 5.69 Å². The SMILES string of the molecule is COc1ccc(N(C(=O)CNC(=O)c2cccs2)[C@@H](C(=O)NC[C@H]2CCCO2)c2ccccc2)c(OC)c1. The number of amides is 3. The van der Waals surface area contributed by atoms with Gasteiger partial charge in [-0.15, -0.1) is 11.3 Å². The molecule has 2 N–H and O–H groups in total. The second-order valence-electron chi connectivity index (χ2n) is 8.65. The number of nitrogens with one attached hydrogen (secondary N) is 2. The van der Waals surface area contributed by atoms with Gasteiger partial charge in [0.2, 0.25) is 11.8 Å². The molecule has 1 aliphatic heterocycles. The monoisotopic (exact) mass is 537 g/mol. The number of rotatable bonds is 11. The minimum absolute atomic E-state index is 0.0693. The van der Waals surface area contributed by atoms with Crippen molar-refractivity contribution in [1.29, 1.82) is 0 Å². The summed E-state index contributed by atoms with van der Waals surface area (Å²) >= 11 is 1.28. The highest BCUT2D eigenvalue weighted by Crippen LogP contribution is 2.37. The van der Waals surface area contributed by atoms with Gasteiger partial charge in [0.05, 0.1) is 37.4 Å². The second-order valence-corrected chi connectivity index (χ2v) is 9.60. The minimum Gasteiger partial charge on any atom is -0.497 e. The van der Waals surface area contributed by atoms with E-state index >= 15 is 0 Å². The predicted octanol–water partition coefficient (Wildman–Crippen LogP) is 3.56. The largest absolute Gasteiger partial charge is 0.497 e. The minimum atomic E-state index is -1.04. The lowest BCUT2D eigenvalue weighted by molar-refractivity contribution is -0.126. The molecule has 0 unspecified atom stereocenters. The zero-order valence-electron chi connectivity index (χ0n) is 21.3. The Hall–Kier alpha value is -3.89. The van der Waals surface area contributed by atoms with E-state index in [0.717, 1.165) is 12.8 Å². The number of anilines is 1. The van der Waals surface area contributed by atoms with E-state index in [0.29, 0.717) is 40.8 Å². The standard InChI is InChI=1S/C28H31N3O6S/c1-35-20-12-13-22(23(16-20)36-2)31(25(32)18-30-27(33)24-11-7-15-38-24)26(19-8-4-3-5-9-19)28(34)29-17-21-10-6-14-37-21/h3-5,7-9,11-13,15-16,21,26H,6,10,14,17-18H2,1-2H3,(H,29,34)(H,30,33)/t21-,26-/m1/s1. The van der Waals surface area contributed by atoms with Crippen molar-refractivity contribution in [3.63, 3.8) is 0 Å². The number of hydrogen-bond donors (Lipinski definition) is 2. The van der Waals surface area contributed by atoms with Gasteiger partial charge in [0, 0.05) is 19.2 Å². The molecule has 0 saturated carbocycles. The van der Waals surface area contributed by atoms with Crippen molar-refractivity contribution in [2.75, 3.05) is 38.8 Å². The highest BCUT2D eigenvalue weighted by atomic mass is 32.1. The Balaban J connectivity index is 1.70. The van der Waals surface area contributed by atoms with Crippen molar-refractivity contribution in [1.82, 2.24) is 10.6 Å². The van der Waals surface area contributed by atoms with Gasteiger partial charge >= 0.3 is 0 Å². The maximum Gasteiger partial charge on any atom is 0.261 e. The molecule has 0 bridgehead atoms. The topological polar surface area (TPSA) is 106 Å². The zero-order chi connectivity index (χ0) is 26.9. The summed E-state index contributed by atoms with van der Waals surface area (Å²) in [4.78, 5) is 42.0. The predicted molar refractivity (Wildman–Crippen MR) is 145 cm³/mol. The fourth-order valence-electron chi connectivity index (χ4n) is 4.31. The summed E-state index contributed by atoms with van der Waals surface area (Å²) in [5.41, 5.74) is 0.970. The molecule has 2 heterocycles. The van der Waals surface area contributed by atoms with E-state index < -0.39 is 11.9 Å². The third kappa shape index (κ3) is 6.51. The van der Waals surface area contributed by atoms with E-state index in [1.165, 1.54) is 30.5 Å². The molecule has 9 nitrogen and oxygen atoms in total. The molecule has 0 spiro atoms. The van der Waals surface area contributed by atoms with E-state index in [4.69, 9.17) is 14.2 Å². The normalized spacial score (nSPS) is 15.4. The highest BCUT2D eigenvalue weighted by Gasteiger charge is 2.35. The van der Waals surface area contributed by atoms with Crippen molar-refractivity contribution in [2.45, 2.75) is 25.0 Å². The summed E-state index contributed by atoms with van der Waals surface area (Å²) < 4.78 is 16.6. The highest BCUT2D eigenvalue weighted by molar-refractivity contribution is 7.12.